The van der Waals surface area contributed by atoms with Crippen molar-refractivity contribution in [1.29, 1.82) is 0 Å². The predicted molar refractivity (Wildman–Crippen MR) is 65.3 cm³/mol. The summed E-state index contributed by atoms with van der Waals surface area (Å²) in [7, 11) is 2.87. The molecule has 7 heteroatoms. The fraction of sp³-hybridized carbons (Fsp3) is 0.167. The molecule has 0 aliphatic rings. The van der Waals surface area contributed by atoms with Gasteiger partial charge in [0.15, 0.2) is 5.82 Å². The Hall–Kier alpha value is -2.70. The van der Waals surface area contributed by atoms with E-state index in [-0.39, 0.29) is 17.1 Å². The monoisotopic (exact) mass is 261 g/mol. The van der Waals surface area contributed by atoms with Gasteiger partial charge in [-0.1, -0.05) is 0 Å². The van der Waals surface area contributed by atoms with Crippen molar-refractivity contribution in [3.63, 3.8) is 0 Å². The van der Waals surface area contributed by atoms with Crippen molar-refractivity contribution >= 4 is 5.97 Å². The number of carboxylic acid groups (broad SMARTS) is 1. The highest BCUT2D eigenvalue weighted by Crippen LogP contribution is 2.33. The maximum absolute atomic E-state index is 11.4. The molecule has 1 aromatic heterocycles. The molecule has 1 N–H and O–H groups in total. The minimum absolute atomic E-state index is 0.0190. The number of carbonyl (C=O) groups is 1. The number of rotatable bonds is 4. The number of ether oxygens (including phenoxy) is 2. The van der Waals surface area contributed by atoms with E-state index in [1.807, 2.05) is 0 Å². The molecule has 0 aliphatic heterocycles. The van der Waals surface area contributed by atoms with Crippen molar-refractivity contribution in [1.82, 2.24) is 15.0 Å². The van der Waals surface area contributed by atoms with Gasteiger partial charge in [0.2, 0.25) is 0 Å². The minimum atomic E-state index is -1.13. The lowest BCUT2D eigenvalue weighted by Gasteiger charge is -2.12. The van der Waals surface area contributed by atoms with E-state index in [1.54, 1.807) is 6.07 Å². The lowest BCUT2D eigenvalue weighted by atomic mass is 10.0. The molecule has 98 valence electrons. The number of nitrogens with zero attached hydrogens (tertiary/aromatic N) is 3. The van der Waals surface area contributed by atoms with Crippen molar-refractivity contribution in [3.8, 4) is 22.9 Å². The van der Waals surface area contributed by atoms with Crippen LogP contribution >= 0.6 is 0 Å². The summed E-state index contributed by atoms with van der Waals surface area (Å²) in [5.41, 5.74) is 0.292. The van der Waals surface area contributed by atoms with Crippen LogP contribution in [-0.2, 0) is 0 Å². The Labute approximate surface area is 108 Å². The number of carboxylic acids is 1. The van der Waals surface area contributed by atoms with Gasteiger partial charge in [-0.05, 0) is 6.07 Å². The lowest BCUT2D eigenvalue weighted by molar-refractivity contribution is 0.0694. The van der Waals surface area contributed by atoms with Crippen LogP contribution < -0.4 is 9.47 Å². The van der Waals surface area contributed by atoms with E-state index in [2.05, 4.69) is 15.0 Å². The normalized spacial score (nSPS) is 10.0. The van der Waals surface area contributed by atoms with Crippen LogP contribution in [0.2, 0.25) is 0 Å². The van der Waals surface area contributed by atoms with Gasteiger partial charge >= 0.3 is 5.97 Å². The van der Waals surface area contributed by atoms with E-state index < -0.39 is 5.97 Å². The number of hydrogen-bond donors (Lipinski definition) is 1. The van der Waals surface area contributed by atoms with Crippen LogP contribution in [0, 0.1) is 0 Å². The third kappa shape index (κ3) is 2.44. The van der Waals surface area contributed by atoms with Crippen LogP contribution in [0.15, 0.2) is 24.8 Å². The van der Waals surface area contributed by atoms with Gasteiger partial charge in [-0.2, -0.15) is 0 Å². The molecule has 1 heterocycles. The van der Waals surface area contributed by atoms with Gasteiger partial charge in [-0.25, -0.2) is 19.7 Å². The molecule has 7 nitrogen and oxygen atoms in total. The Morgan fingerprint density at radius 2 is 1.84 bits per heavy atom. The zero-order valence-electron chi connectivity index (χ0n) is 10.3. The molecule has 0 unspecified atom stereocenters. The molecule has 0 saturated heterocycles. The molecule has 2 rings (SSSR count). The topological polar surface area (TPSA) is 94.4 Å². The lowest BCUT2D eigenvalue weighted by Crippen LogP contribution is -2.05. The van der Waals surface area contributed by atoms with Crippen LogP contribution in [-0.4, -0.2) is 40.2 Å². The summed E-state index contributed by atoms with van der Waals surface area (Å²) in [4.78, 5) is 23.0. The first kappa shape index (κ1) is 12.7. The van der Waals surface area contributed by atoms with E-state index >= 15 is 0 Å². The van der Waals surface area contributed by atoms with Gasteiger partial charge in [0, 0.05) is 11.6 Å². The molecule has 0 spiro atoms. The average molecular weight is 261 g/mol. The highest BCUT2D eigenvalue weighted by Gasteiger charge is 2.21. The maximum Gasteiger partial charge on any atom is 0.340 e. The Bertz CT molecular complexity index is 601. The third-order valence-corrected chi connectivity index (χ3v) is 2.48. The number of aromatic nitrogens is 3. The van der Waals surface area contributed by atoms with E-state index in [9.17, 15) is 9.90 Å². The Morgan fingerprint density at radius 3 is 2.37 bits per heavy atom. The van der Waals surface area contributed by atoms with Crippen LogP contribution in [0.5, 0.6) is 11.5 Å². The molecule has 19 heavy (non-hydrogen) atoms. The van der Waals surface area contributed by atoms with E-state index in [1.165, 1.54) is 32.9 Å². The Morgan fingerprint density at radius 1 is 1.16 bits per heavy atom. The van der Waals surface area contributed by atoms with E-state index in [4.69, 9.17) is 9.47 Å². The van der Waals surface area contributed by atoms with Crippen molar-refractivity contribution in [3.05, 3.63) is 30.4 Å². The maximum atomic E-state index is 11.4. The molecule has 0 saturated carbocycles. The first-order valence-corrected chi connectivity index (χ1v) is 5.29. The fourth-order valence-corrected chi connectivity index (χ4v) is 1.64. The number of methoxy groups -OCH3 is 2. The van der Waals surface area contributed by atoms with Crippen LogP contribution in [0.1, 0.15) is 10.4 Å². The smallest absolute Gasteiger partial charge is 0.340 e. The fourth-order valence-electron chi connectivity index (χ4n) is 1.64. The van der Waals surface area contributed by atoms with Crippen LogP contribution in [0.4, 0.5) is 0 Å². The van der Waals surface area contributed by atoms with Crippen LogP contribution in [0.3, 0.4) is 0 Å². The zero-order valence-corrected chi connectivity index (χ0v) is 10.3. The van der Waals surface area contributed by atoms with E-state index in [0.29, 0.717) is 11.3 Å². The summed E-state index contributed by atoms with van der Waals surface area (Å²) in [5.74, 6) is -0.251. The zero-order chi connectivity index (χ0) is 13.8. The molecule has 0 fully saturated rings. The Kier molecular flexibility index (Phi) is 3.56. The first-order chi connectivity index (χ1) is 9.17. The van der Waals surface area contributed by atoms with Crippen LogP contribution in [0.25, 0.3) is 11.4 Å². The SMILES string of the molecule is COc1cc(OC)c(C(=O)O)c(-c2ncncn2)c1. The molecule has 0 atom stereocenters. The summed E-state index contributed by atoms with van der Waals surface area (Å²) in [5, 5.41) is 9.31. The molecule has 2 aromatic rings. The van der Waals surface area contributed by atoms with Gasteiger partial charge in [0.25, 0.3) is 0 Å². The van der Waals surface area contributed by atoms with Crippen molar-refractivity contribution < 1.29 is 19.4 Å². The molecule has 0 aliphatic carbocycles. The highest BCUT2D eigenvalue weighted by molar-refractivity contribution is 5.98. The summed E-state index contributed by atoms with van der Waals surface area (Å²) in [6, 6.07) is 3.04. The second kappa shape index (κ2) is 5.30. The van der Waals surface area contributed by atoms with Gasteiger partial charge < -0.3 is 14.6 Å². The Balaban J connectivity index is 2.73. The van der Waals surface area contributed by atoms with Gasteiger partial charge in [0.05, 0.1) is 14.2 Å². The number of benzene rings is 1. The largest absolute Gasteiger partial charge is 0.497 e. The molecule has 0 bridgehead atoms. The second-order valence-electron chi connectivity index (χ2n) is 3.52. The third-order valence-electron chi connectivity index (χ3n) is 2.48. The molecular formula is C12H11N3O4. The van der Waals surface area contributed by atoms with Crippen molar-refractivity contribution in [2.75, 3.05) is 14.2 Å². The van der Waals surface area contributed by atoms with Gasteiger partial charge in [0.1, 0.15) is 29.7 Å². The highest BCUT2D eigenvalue weighted by atomic mass is 16.5. The van der Waals surface area contributed by atoms with Gasteiger partial charge in [-0.3, -0.25) is 0 Å². The summed E-state index contributed by atoms with van der Waals surface area (Å²) >= 11 is 0. The predicted octanol–water partition coefficient (Wildman–Crippen LogP) is 1.25. The molecule has 0 amide bonds. The summed E-state index contributed by atoms with van der Waals surface area (Å²) in [6.07, 6.45) is 2.58. The summed E-state index contributed by atoms with van der Waals surface area (Å²) in [6.45, 7) is 0. The molecular weight excluding hydrogens is 250 g/mol. The van der Waals surface area contributed by atoms with Crippen molar-refractivity contribution in [2.24, 2.45) is 0 Å². The van der Waals surface area contributed by atoms with Gasteiger partial charge in [-0.15, -0.1) is 0 Å². The molecule has 1 aromatic carbocycles. The first-order valence-electron chi connectivity index (χ1n) is 5.29. The summed E-state index contributed by atoms with van der Waals surface area (Å²) < 4.78 is 10.2. The molecule has 0 radical (unpaired) electrons. The quantitative estimate of drug-likeness (QED) is 0.884. The standard InChI is InChI=1S/C12H11N3O4/c1-18-7-3-8(11-14-5-13-6-15-11)10(12(16)17)9(4-7)19-2/h3-6H,1-2H3,(H,16,17). The number of aromatic carboxylic acids is 1. The second-order valence-corrected chi connectivity index (χ2v) is 3.52. The van der Waals surface area contributed by atoms with Crippen molar-refractivity contribution in [2.45, 2.75) is 0 Å². The average Bonchev–Trinajstić information content (AvgIpc) is 2.46. The minimum Gasteiger partial charge on any atom is -0.497 e. The number of hydrogen-bond acceptors (Lipinski definition) is 6. The van der Waals surface area contributed by atoms with E-state index in [0.717, 1.165) is 0 Å².